The van der Waals surface area contributed by atoms with Gasteiger partial charge in [0.05, 0.1) is 32.6 Å². The van der Waals surface area contributed by atoms with Crippen LogP contribution in [-0.4, -0.2) is 22.1 Å². The highest BCUT2D eigenvalue weighted by Crippen LogP contribution is 2.24. The monoisotopic (exact) mass is 395 g/mol. The number of amides is 1. The lowest BCUT2D eigenvalue weighted by atomic mass is 10.2. The van der Waals surface area contributed by atoms with Crippen molar-refractivity contribution < 1.29 is 9.53 Å². The minimum Gasteiger partial charge on any atom is -0.494 e. The van der Waals surface area contributed by atoms with E-state index in [9.17, 15) is 4.79 Å². The smallest absolute Gasteiger partial charge is 0.279 e. The first-order chi connectivity index (χ1) is 13.2. The number of rotatable bonds is 5. The highest BCUT2D eigenvalue weighted by atomic mass is 32.1. The lowest BCUT2D eigenvalue weighted by molar-refractivity contribution is 0.0998. The summed E-state index contributed by atoms with van der Waals surface area (Å²) in [6.07, 6.45) is 1.80. The Labute approximate surface area is 163 Å². The van der Waals surface area contributed by atoms with Crippen molar-refractivity contribution >= 4 is 49.0 Å². The van der Waals surface area contributed by atoms with Crippen molar-refractivity contribution in [2.45, 2.75) is 13.5 Å². The fourth-order valence-electron chi connectivity index (χ4n) is 2.84. The standard InChI is InChI=1S/C20H17N3O2S2/c1-3-9-23-16-8-6-14(25-4-2)11-18(16)27-20(23)22-19(24)13-5-7-15-17(10-13)26-12-21-15/h3,5-8,10-12H,1,4,9H2,2H3. The molecule has 0 atom stereocenters. The number of carbonyl (C=O) groups excluding carboxylic acids is 1. The predicted molar refractivity (Wildman–Crippen MR) is 111 cm³/mol. The molecule has 0 spiro atoms. The van der Waals surface area contributed by atoms with Gasteiger partial charge in [-0.2, -0.15) is 4.99 Å². The van der Waals surface area contributed by atoms with Crippen LogP contribution < -0.4 is 9.54 Å². The van der Waals surface area contributed by atoms with Gasteiger partial charge in [-0.25, -0.2) is 4.98 Å². The largest absolute Gasteiger partial charge is 0.494 e. The van der Waals surface area contributed by atoms with E-state index in [4.69, 9.17) is 4.74 Å². The molecular weight excluding hydrogens is 378 g/mol. The van der Waals surface area contributed by atoms with E-state index in [1.54, 1.807) is 17.7 Å². The molecule has 27 heavy (non-hydrogen) atoms. The van der Waals surface area contributed by atoms with Crippen LogP contribution in [0.4, 0.5) is 0 Å². The van der Waals surface area contributed by atoms with Gasteiger partial charge >= 0.3 is 0 Å². The number of fused-ring (bicyclic) bond motifs is 2. The zero-order valence-corrected chi connectivity index (χ0v) is 16.3. The number of benzene rings is 2. The number of carbonyl (C=O) groups is 1. The topological polar surface area (TPSA) is 56.5 Å². The van der Waals surface area contributed by atoms with Crippen LogP contribution in [-0.2, 0) is 6.54 Å². The van der Waals surface area contributed by atoms with Gasteiger partial charge in [-0.05, 0) is 43.3 Å². The van der Waals surface area contributed by atoms with Gasteiger partial charge in [-0.3, -0.25) is 4.79 Å². The molecule has 5 nitrogen and oxygen atoms in total. The number of aromatic nitrogens is 2. The average molecular weight is 396 g/mol. The third-order valence-corrected chi connectivity index (χ3v) is 5.89. The molecule has 0 fully saturated rings. The highest BCUT2D eigenvalue weighted by molar-refractivity contribution is 7.17. The van der Waals surface area contributed by atoms with E-state index in [0.717, 1.165) is 26.2 Å². The minimum atomic E-state index is -0.264. The molecule has 7 heteroatoms. The number of ether oxygens (including phenoxy) is 1. The normalized spacial score (nSPS) is 12.0. The Morgan fingerprint density at radius 1 is 1.30 bits per heavy atom. The summed E-state index contributed by atoms with van der Waals surface area (Å²) in [4.78, 5) is 22.0. The second-order valence-electron chi connectivity index (χ2n) is 5.80. The number of allylic oxidation sites excluding steroid dienone is 1. The van der Waals surface area contributed by atoms with Crippen molar-refractivity contribution in [2.24, 2.45) is 4.99 Å². The molecule has 0 bridgehead atoms. The van der Waals surface area contributed by atoms with Crippen LogP contribution in [0.15, 0.2) is 59.6 Å². The summed E-state index contributed by atoms with van der Waals surface area (Å²) in [5, 5.41) is 0. The average Bonchev–Trinajstić information content (AvgIpc) is 3.26. The fraction of sp³-hybridized carbons (Fsp3) is 0.150. The molecule has 0 unspecified atom stereocenters. The summed E-state index contributed by atoms with van der Waals surface area (Å²) >= 11 is 2.98. The molecule has 0 aliphatic heterocycles. The first kappa shape index (κ1) is 17.6. The molecule has 0 saturated carbocycles. The Balaban J connectivity index is 1.81. The molecule has 0 aliphatic rings. The third-order valence-electron chi connectivity index (χ3n) is 4.05. The molecule has 0 N–H and O–H groups in total. The zero-order valence-electron chi connectivity index (χ0n) is 14.7. The molecule has 2 heterocycles. The van der Waals surface area contributed by atoms with Crippen LogP contribution in [0.25, 0.3) is 20.4 Å². The Kier molecular flexibility index (Phi) is 4.87. The summed E-state index contributed by atoms with van der Waals surface area (Å²) in [5.41, 5.74) is 4.23. The third kappa shape index (κ3) is 3.43. The maximum absolute atomic E-state index is 12.7. The van der Waals surface area contributed by atoms with Crippen molar-refractivity contribution in [3.8, 4) is 5.75 Å². The van der Waals surface area contributed by atoms with Crippen LogP contribution in [0.2, 0.25) is 0 Å². The van der Waals surface area contributed by atoms with E-state index in [0.29, 0.717) is 23.5 Å². The predicted octanol–water partition coefficient (Wildman–Crippen LogP) is 4.64. The van der Waals surface area contributed by atoms with E-state index in [-0.39, 0.29) is 5.91 Å². The molecule has 0 saturated heterocycles. The Bertz CT molecular complexity index is 1220. The van der Waals surface area contributed by atoms with Gasteiger partial charge in [0.25, 0.3) is 5.91 Å². The number of nitrogens with zero attached hydrogens (tertiary/aromatic N) is 3. The summed E-state index contributed by atoms with van der Waals surface area (Å²) in [5.74, 6) is 0.547. The summed E-state index contributed by atoms with van der Waals surface area (Å²) in [6.45, 7) is 6.97. The van der Waals surface area contributed by atoms with E-state index < -0.39 is 0 Å². The summed E-state index contributed by atoms with van der Waals surface area (Å²) < 4.78 is 9.57. The Morgan fingerprint density at radius 2 is 2.19 bits per heavy atom. The quantitative estimate of drug-likeness (QED) is 0.463. The van der Waals surface area contributed by atoms with Gasteiger partial charge < -0.3 is 9.30 Å². The minimum absolute atomic E-state index is 0.264. The van der Waals surface area contributed by atoms with Gasteiger partial charge in [-0.1, -0.05) is 17.4 Å². The lowest BCUT2D eigenvalue weighted by Crippen LogP contribution is -2.16. The van der Waals surface area contributed by atoms with Crippen molar-refractivity contribution in [3.05, 3.63) is 64.9 Å². The van der Waals surface area contributed by atoms with Crippen molar-refractivity contribution in [2.75, 3.05) is 6.61 Å². The summed E-state index contributed by atoms with van der Waals surface area (Å²) in [6, 6.07) is 11.4. The Morgan fingerprint density at radius 3 is 3.00 bits per heavy atom. The molecule has 136 valence electrons. The fourth-order valence-corrected chi connectivity index (χ4v) is 4.62. The van der Waals surface area contributed by atoms with Crippen LogP contribution in [0.1, 0.15) is 17.3 Å². The number of hydrogen-bond acceptors (Lipinski definition) is 5. The first-order valence-corrected chi connectivity index (χ1v) is 10.2. The van der Waals surface area contributed by atoms with E-state index in [2.05, 4.69) is 16.6 Å². The maximum atomic E-state index is 12.7. The molecule has 4 rings (SSSR count). The van der Waals surface area contributed by atoms with Crippen LogP contribution in [0.3, 0.4) is 0 Å². The number of thiazole rings is 2. The molecular formula is C20H17N3O2S2. The van der Waals surface area contributed by atoms with Gasteiger partial charge in [0, 0.05) is 12.1 Å². The van der Waals surface area contributed by atoms with Gasteiger partial charge in [0.1, 0.15) is 5.75 Å². The molecule has 0 radical (unpaired) electrons. The van der Waals surface area contributed by atoms with E-state index in [1.165, 1.54) is 22.7 Å². The molecule has 1 amide bonds. The van der Waals surface area contributed by atoms with E-state index in [1.807, 2.05) is 41.8 Å². The Hall–Kier alpha value is -2.77. The highest BCUT2D eigenvalue weighted by Gasteiger charge is 2.11. The lowest BCUT2D eigenvalue weighted by Gasteiger charge is -2.04. The zero-order chi connectivity index (χ0) is 18.8. The first-order valence-electron chi connectivity index (χ1n) is 8.49. The molecule has 2 aromatic heterocycles. The van der Waals surface area contributed by atoms with E-state index >= 15 is 0 Å². The second-order valence-corrected chi connectivity index (χ2v) is 7.69. The van der Waals surface area contributed by atoms with Crippen molar-refractivity contribution in [1.82, 2.24) is 9.55 Å². The molecule has 2 aromatic carbocycles. The van der Waals surface area contributed by atoms with Crippen LogP contribution in [0, 0.1) is 0 Å². The molecule has 0 aliphatic carbocycles. The van der Waals surface area contributed by atoms with Crippen LogP contribution >= 0.6 is 22.7 Å². The second kappa shape index (κ2) is 7.46. The van der Waals surface area contributed by atoms with Gasteiger partial charge in [0.2, 0.25) is 0 Å². The number of hydrogen-bond donors (Lipinski definition) is 0. The molecule has 4 aromatic rings. The van der Waals surface area contributed by atoms with Gasteiger partial charge in [-0.15, -0.1) is 17.9 Å². The van der Waals surface area contributed by atoms with Crippen molar-refractivity contribution in [3.63, 3.8) is 0 Å². The van der Waals surface area contributed by atoms with Crippen molar-refractivity contribution in [1.29, 1.82) is 0 Å². The maximum Gasteiger partial charge on any atom is 0.279 e. The van der Waals surface area contributed by atoms with Gasteiger partial charge in [0.15, 0.2) is 4.80 Å². The van der Waals surface area contributed by atoms with Crippen LogP contribution in [0.5, 0.6) is 5.75 Å². The summed E-state index contributed by atoms with van der Waals surface area (Å²) in [7, 11) is 0. The SMILES string of the molecule is C=CCn1c(=NC(=O)c2ccc3ncsc3c2)sc2cc(OCC)ccc21.